The minimum Gasteiger partial charge on any atom is -0.497 e. The highest BCUT2D eigenvalue weighted by Gasteiger charge is 2.16. The van der Waals surface area contributed by atoms with Crippen molar-refractivity contribution in [3.63, 3.8) is 0 Å². The minimum atomic E-state index is -0.136. The van der Waals surface area contributed by atoms with Crippen LogP contribution in [0.15, 0.2) is 72.8 Å². The van der Waals surface area contributed by atoms with Crippen LogP contribution in [0.25, 0.3) is 0 Å². The zero-order chi connectivity index (χ0) is 20.6. The summed E-state index contributed by atoms with van der Waals surface area (Å²) in [6.45, 7) is 2.13. The highest BCUT2D eigenvalue weighted by Crippen LogP contribution is 2.26. The first-order valence-corrected chi connectivity index (χ1v) is 9.47. The number of ether oxygens (including phenoxy) is 2. The molecule has 3 aromatic rings. The zero-order valence-electron chi connectivity index (χ0n) is 16.9. The lowest BCUT2D eigenvalue weighted by Crippen LogP contribution is -2.32. The molecule has 29 heavy (non-hydrogen) atoms. The summed E-state index contributed by atoms with van der Waals surface area (Å²) in [5.74, 6) is 1.30. The van der Waals surface area contributed by atoms with Gasteiger partial charge in [-0.3, -0.25) is 10.1 Å². The van der Waals surface area contributed by atoms with E-state index in [-0.39, 0.29) is 18.5 Å². The van der Waals surface area contributed by atoms with Gasteiger partial charge in [-0.15, -0.1) is 0 Å². The smallest absolute Gasteiger partial charge is 0.238 e. The van der Waals surface area contributed by atoms with E-state index in [9.17, 15) is 4.79 Å². The number of benzene rings is 3. The number of carbonyl (C=O) groups is 1. The van der Waals surface area contributed by atoms with Crippen LogP contribution in [-0.4, -0.2) is 26.7 Å². The van der Waals surface area contributed by atoms with E-state index < -0.39 is 0 Å². The molecule has 3 rings (SSSR count). The van der Waals surface area contributed by atoms with E-state index >= 15 is 0 Å². The fraction of sp³-hybridized carbons (Fsp3) is 0.208. The number of hydrogen-bond acceptors (Lipinski definition) is 4. The minimum absolute atomic E-state index is 0.118. The molecule has 0 radical (unpaired) electrons. The molecule has 0 heterocycles. The Morgan fingerprint density at radius 3 is 2.24 bits per heavy atom. The van der Waals surface area contributed by atoms with Gasteiger partial charge in [0.15, 0.2) is 0 Å². The predicted octanol–water partition coefficient (Wildman–Crippen LogP) is 4.33. The largest absolute Gasteiger partial charge is 0.497 e. The van der Waals surface area contributed by atoms with Crippen LogP contribution >= 0.6 is 0 Å². The highest BCUT2D eigenvalue weighted by molar-refractivity contribution is 5.93. The normalized spacial score (nSPS) is 11.6. The first-order chi connectivity index (χ1) is 14.1. The molecule has 1 atom stereocenters. The van der Waals surface area contributed by atoms with E-state index in [4.69, 9.17) is 9.47 Å². The van der Waals surface area contributed by atoms with Gasteiger partial charge in [-0.05, 0) is 47.9 Å². The summed E-state index contributed by atoms with van der Waals surface area (Å²) < 4.78 is 10.6. The van der Waals surface area contributed by atoms with Crippen molar-refractivity contribution in [1.82, 2.24) is 5.32 Å². The first kappa shape index (κ1) is 20.4. The van der Waals surface area contributed by atoms with Crippen LogP contribution < -0.4 is 20.1 Å². The average Bonchev–Trinajstić information content (AvgIpc) is 2.75. The molecule has 5 nitrogen and oxygen atoms in total. The van der Waals surface area contributed by atoms with Gasteiger partial charge in [-0.25, -0.2) is 0 Å². The zero-order valence-corrected chi connectivity index (χ0v) is 16.9. The third kappa shape index (κ3) is 5.36. The fourth-order valence-corrected chi connectivity index (χ4v) is 3.18. The molecular formula is C24H26N2O3. The second kappa shape index (κ2) is 9.75. The molecule has 0 aliphatic heterocycles. The van der Waals surface area contributed by atoms with Gasteiger partial charge < -0.3 is 14.8 Å². The quantitative estimate of drug-likeness (QED) is 0.601. The summed E-state index contributed by atoms with van der Waals surface area (Å²) in [6, 6.07) is 23.5. The van der Waals surface area contributed by atoms with Gasteiger partial charge in [-0.2, -0.15) is 0 Å². The number of carbonyl (C=O) groups excluding carboxylic acids is 1. The molecule has 2 N–H and O–H groups in total. The summed E-state index contributed by atoms with van der Waals surface area (Å²) in [5.41, 5.74) is 3.85. The van der Waals surface area contributed by atoms with Crippen LogP contribution in [0.1, 0.15) is 22.7 Å². The molecule has 0 saturated carbocycles. The van der Waals surface area contributed by atoms with Gasteiger partial charge in [0.05, 0.1) is 32.5 Å². The van der Waals surface area contributed by atoms with Crippen molar-refractivity contribution in [1.29, 1.82) is 0 Å². The fourth-order valence-electron chi connectivity index (χ4n) is 3.18. The van der Waals surface area contributed by atoms with E-state index in [0.717, 1.165) is 22.4 Å². The van der Waals surface area contributed by atoms with Gasteiger partial charge in [0.25, 0.3) is 0 Å². The molecule has 0 aliphatic rings. The van der Waals surface area contributed by atoms with Crippen molar-refractivity contribution in [3.8, 4) is 11.5 Å². The summed E-state index contributed by atoms with van der Waals surface area (Å²) in [6.07, 6.45) is 0. The number of anilines is 1. The molecule has 0 saturated heterocycles. The number of aryl methyl sites for hydroxylation is 1. The first-order valence-electron chi connectivity index (χ1n) is 9.47. The maximum atomic E-state index is 12.6. The molecule has 0 aliphatic carbocycles. The van der Waals surface area contributed by atoms with Crippen LogP contribution in [0.5, 0.6) is 11.5 Å². The third-order valence-electron chi connectivity index (χ3n) is 4.68. The Bertz CT molecular complexity index is 940. The van der Waals surface area contributed by atoms with E-state index in [1.807, 2.05) is 79.7 Å². The lowest BCUT2D eigenvalue weighted by molar-refractivity contribution is -0.115. The molecule has 0 unspecified atom stereocenters. The lowest BCUT2D eigenvalue weighted by atomic mass is 9.98. The van der Waals surface area contributed by atoms with Crippen LogP contribution in [0.4, 0.5) is 5.69 Å². The van der Waals surface area contributed by atoms with Gasteiger partial charge in [-0.1, -0.05) is 48.5 Å². The van der Waals surface area contributed by atoms with Gasteiger partial charge in [0.2, 0.25) is 5.91 Å². The summed E-state index contributed by atoms with van der Waals surface area (Å²) in [7, 11) is 3.24. The van der Waals surface area contributed by atoms with E-state index in [2.05, 4.69) is 10.6 Å². The number of nitrogens with one attached hydrogen (secondary N) is 2. The second-order valence-electron chi connectivity index (χ2n) is 6.75. The molecule has 0 aromatic heterocycles. The topological polar surface area (TPSA) is 59.6 Å². The molecule has 0 spiro atoms. The maximum Gasteiger partial charge on any atom is 0.238 e. The summed E-state index contributed by atoms with van der Waals surface area (Å²) >= 11 is 0. The van der Waals surface area contributed by atoms with Gasteiger partial charge >= 0.3 is 0 Å². The van der Waals surface area contributed by atoms with Crippen molar-refractivity contribution < 1.29 is 14.3 Å². The standard InChI is InChI=1S/C24H26N2O3/c1-17-9-14-22(29-3)21(15-17)26-23(27)16-25-24(18-7-5-4-6-8-18)19-10-12-20(28-2)13-11-19/h4-15,24-25H,16H2,1-3H3,(H,26,27)/t24-/m0/s1. The van der Waals surface area contributed by atoms with Gasteiger partial charge in [0.1, 0.15) is 11.5 Å². The van der Waals surface area contributed by atoms with Crippen molar-refractivity contribution in [3.05, 3.63) is 89.5 Å². The van der Waals surface area contributed by atoms with Crippen molar-refractivity contribution in [2.24, 2.45) is 0 Å². The lowest BCUT2D eigenvalue weighted by Gasteiger charge is -2.20. The van der Waals surface area contributed by atoms with E-state index in [1.165, 1.54) is 0 Å². The Labute approximate surface area is 171 Å². The van der Waals surface area contributed by atoms with Gasteiger partial charge in [0, 0.05) is 0 Å². The predicted molar refractivity (Wildman–Crippen MR) is 116 cm³/mol. The molecule has 5 heteroatoms. The number of rotatable bonds is 8. The van der Waals surface area contributed by atoms with Crippen molar-refractivity contribution >= 4 is 11.6 Å². The number of amides is 1. The highest BCUT2D eigenvalue weighted by atomic mass is 16.5. The molecule has 0 bridgehead atoms. The van der Waals surface area contributed by atoms with Crippen molar-refractivity contribution in [2.75, 3.05) is 26.1 Å². The Morgan fingerprint density at radius 1 is 0.897 bits per heavy atom. The Morgan fingerprint density at radius 2 is 1.59 bits per heavy atom. The van der Waals surface area contributed by atoms with Crippen LogP contribution in [0.3, 0.4) is 0 Å². The Balaban J connectivity index is 1.74. The third-order valence-corrected chi connectivity index (χ3v) is 4.68. The average molecular weight is 390 g/mol. The van der Waals surface area contributed by atoms with Crippen LogP contribution in [-0.2, 0) is 4.79 Å². The van der Waals surface area contributed by atoms with E-state index in [0.29, 0.717) is 11.4 Å². The molecule has 1 amide bonds. The monoisotopic (exact) mass is 390 g/mol. The SMILES string of the molecule is COc1ccc([C@@H](NCC(=O)Nc2cc(C)ccc2OC)c2ccccc2)cc1. The molecular weight excluding hydrogens is 364 g/mol. The maximum absolute atomic E-state index is 12.6. The van der Waals surface area contributed by atoms with Crippen LogP contribution in [0.2, 0.25) is 0 Å². The number of methoxy groups -OCH3 is 2. The molecule has 150 valence electrons. The number of hydrogen-bond donors (Lipinski definition) is 2. The summed E-state index contributed by atoms with van der Waals surface area (Å²) in [4.78, 5) is 12.6. The molecule has 0 fully saturated rings. The second-order valence-corrected chi connectivity index (χ2v) is 6.75. The van der Waals surface area contributed by atoms with Crippen molar-refractivity contribution in [2.45, 2.75) is 13.0 Å². The molecule has 3 aromatic carbocycles. The van der Waals surface area contributed by atoms with E-state index in [1.54, 1.807) is 14.2 Å². The Kier molecular flexibility index (Phi) is 6.87. The summed E-state index contributed by atoms with van der Waals surface area (Å²) in [5, 5.41) is 6.30. The van der Waals surface area contributed by atoms with Crippen LogP contribution in [0, 0.1) is 6.92 Å². The Hall–Kier alpha value is -3.31.